The first-order chi connectivity index (χ1) is 6.38. The van der Waals surface area contributed by atoms with E-state index in [-0.39, 0.29) is 5.92 Å². The van der Waals surface area contributed by atoms with Crippen molar-refractivity contribution in [1.29, 1.82) is 0 Å². The minimum Gasteiger partial charge on any atom is -0.481 e. The van der Waals surface area contributed by atoms with Gasteiger partial charge in [0.05, 0.1) is 0 Å². The summed E-state index contributed by atoms with van der Waals surface area (Å²) in [6.45, 7) is 3.34. The summed E-state index contributed by atoms with van der Waals surface area (Å²) in [6, 6.07) is 0. The second-order valence-corrected chi connectivity index (χ2v) is 4.34. The molecule has 0 amide bonds. The second-order valence-electron chi connectivity index (χ2n) is 4.34. The van der Waals surface area contributed by atoms with Crippen LogP contribution in [0, 0.1) is 23.7 Å². The zero-order chi connectivity index (χ0) is 11.0. The van der Waals surface area contributed by atoms with Crippen molar-refractivity contribution in [1.82, 2.24) is 0 Å². The van der Waals surface area contributed by atoms with E-state index in [1.807, 2.05) is 0 Å². The summed E-state index contributed by atoms with van der Waals surface area (Å²) in [6.07, 6.45) is 7.30. The molecule has 1 saturated carbocycles. The van der Waals surface area contributed by atoms with Gasteiger partial charge in [0.2, 0.25) is 0 Å². The molecule has 0 bridgehead atoms. The van der Waals surface area contributed by atoms with E-state index < -0.39 is 17.0 Å². The number of hydrogen-bond donors (Lipinski definition) is 2. The summed E-state index contributed by atoms with van der Waals surface area (Å²) in [4.78, 5) is 11.1. The maximum absolute atomic E-state index is 11.1. The monoisotopic (exact) mass is 196 g/mol. The highest BCUT2D eigenvalue weighted by Gasteiger charge is 2.56. The largest absolute Gasteiger partial charge is 0.481 e. The molecule has 3 heteroatoms. The molecule has 0 spiro atoms. The van der Waals surface area contributed by atoms with Crippen molar-refractivity contribution in [2.45, 2.75) is 38.7 Å². The molecule has 2 N–H and O–H groups in total. The van der Waals surface area contributed by atoms with E-state index in [9.17, 15) is 9.90 Å². The quantitative estimate of drug-likeness (QED) is 0.621. The molecule has 3 unspecified atom stereocenters. The Balaban J connectivity index is 3.17. The fourth-order valence-corrected chi connectivity index (χ4v) is 2.28. The van der Waals surface area contributed by atoms with Crippen LogP contribution in [0.3, 0.4) is 0 Å². The standard InChI is InChI=1S/C11H16O3/c1-4-11(14)8(2)6-5-7-10(11,3)9(12)13/h1,8,14H,5-7H2,2-3H3,(H,12,13). The number of carboxylic acids is 1. The van der Waals surface area contributed by atoms with Gasteiger partial charge in [-0.1, -0.05) is 19.3 Å². The zero-order valence-electron chi connectivity index (χ0n) is 8.58. The van der Waals surface area contributed by atoms with Gasteiger partial charge in [-0.3, -0.25) is 4.79 Å². The Morgan fingerprint density at radius 1 is 1.64 bits per heavy atom. The lowest BCUT2D eigenvalue weighted by Crippen LogP contribution is -2.56. The molecule has 14 heavy (non-hydrogen) atoms. The van der Waals surface area contributed by atoms with Gasteiger partial charge in [0.15, 0.2) is 0 Å². The lowest BCUT2D eigenvalue weighted by atomic mass is 9.60. The molecule has 3 atom stereocenters. The summed E-state index contributed by atoms with van der Waals surface area (Å²) in [5.74, 6) is 1.10. The molecule has 0 aromatic carbocycles. The molecule has 0 aliphatic heterocycles. The lowest BCUT2D eigenvalue weighted by Gasteiger charge is -2.46. The highest BCUT2D eigenvalue weighted by molar-refractivity contribution is 5.77. The molecule has 0 radical (unpaired) electrons. The Morgan fingerprint density at radius 3 is 2.57 bits per heavy atom. The molecule has 1 aliphatic rings. The van der Waals surface area contributed by atoms with E-state index in [4.69, 9.17) is 11.5 Å². The van der Waals surface area contributed by atoms with Gasteiger partial charge in [-0.25, -0.2) is 0 Å². The number of rotatable bonds is 1. The Hall–Kier alpha value is -1.01. The zero-order valence-corrected chi connectivity index (χ0v) is 8.58. The highest BCUT2D eigenvalue weighted by atomic mass is 16.4. The molecule has 1 aliphatic carbocycles. The minimum atomic E-state index is -1.52. The fraction of sp³-hybridized carbons (Fsp3) is 0.727. The van der Waals surface area contributed by atoms with Crippen molar-refractivity contribution >= 4 is 5.97 Å². The van der Waals surface area contributed by atoms with E-state index >= 15 is 0 Å². The van der Waals surface area contributed by atoms with E-state index in [1.165, 1.54) is 6.92 Å². The number of aliphatic hydroxyl groups is 1. The van der Waals surface area contributed by atoms with Crippen LogP contribution in [-0.4, -0.2) is 21.8 Å². The summed E-state index contributed by atoms with van der Waals surface area (Å²) >= 11 is 0. The van der Waals surface area contributed by atoms with Gasteiger partial charge >= 0.3 is 5.97 Å². The van der Waals surface area contributed by atoms with Crippen LogP contribution in [0.4, 0.5) is 0 Å². The van der Waals surface area contributed by atoms with Crippen LogP contribution in [0.2, 0.25) is 0 Å². The van der Waals surface area contributed by atoms with Crippen LogP contribution in [0.1, 0.15) is 33.1 Å². The molecule has 1 fully saturated rings. The Bertz CT molecular complexity index is 291. The van der Waals surface area contributed by atoms with Gasteiger partial charge in [0.25, 0.3) is 0 Å². The number of hydrogen-bond acceptors (Lipinski definition) is 2. The predicted molar refractivity (Wildman–Crippen MR) is 52.5 cm³/mol. The van der Waals surface area contributed by atoms with Crippen LogP contribution in [0.15, 0.2) is 0 Å². The van der Waals surface area contributed by atoms with Crippen molar-refractivity contribution in [3.8, 4) is 12.3 Å². The number of aliphatic carboxylic acids is 1. The van der Waals surface area contributed by atoms with E-state index in [1.54, 1.807) is 6.92 Å². The molecule has 0 aromatic heterocycles. The summed E-state index contributed by atoms with van der Waals surface area (Å²) in [5.41, 5.74) is -2.73. The van der Waals surface area contributed by atoms with Crippen LogP contribution in [0.5, 0.6) is 0 Å². The Morgan fingerprint density at radius 2 is 2.21 bits per heavy atom. The van der Waals surface area contributed by atoms with Gasteiger partial charge in [-0.15, -0.1) is 6.42 Å². The van der Waals surface area contributed by atoms with Gasteiger partial charge in [-0.2, -0.15) is 0 Å². The molecular weight excluding hydrogens is 180 g/mol. The molecule has 3 nitrogen and oxygen atoms in total. The van der Waals surface area contributed by atoms with Crippen molar-refractivity contribution in [2.75, 3.05) is 0 Å². The molecule has 78 valence electrons. The molecule has 0 saturated heterocycles. The first-order valence-electron chi connectivity index (χ1n) is 4.82. The van der Waals surface area contributed by atoms with E-state index in [0.29, 0.717) is 6.42 Å². The lowest BCUT2D eigenvalue weighted by molar-refractivity contribution is -0.171. The van der Waals surface area contributed by atoms with Gasteiger partial charge < -0.3 is 10.2 Å². The third-order valence-electron chi connectivity index (χ3n) is 3.56. The number of carbonyl (C=O) groups is 1. The normalized spacial score (nSPS) is 42.9. The fourth-order valence-electron chi connectivity index (χ4n) is 2.28. The van der Waals surface area contributed by atoms with Crippen LogP contribution >= 0.6 is 0 Å². The SMILES string of the molecule is C#CC1(O)C(C)CCCC1(C)C(=O)O. The smallest absolute Gasteiger partial charge is 0.313 e. The number of carboxylic acid groups (broad SMARTS) is 1. The Kier molecular flexibility index (Phi) is 2.60. The molecular formula is C11H16O3. The van der Waals surface area contributed by atoms with E-state index in [2.05, 4.69) is 5.92 Å². The summed E-state index contributed by atoms with van der Waals surface area (Å²) < 4.78 is 0. The van der Waals surface area contributed by atoms with Crippen molar-refractivity contribution in [2.24, 2.45) is 11.3 Å². The van der Waals surface area contributed by atoms with Gasteiger partial charge in [-0.05, 0) is 25.7 Å². The van der Waals surface area contributed by atoms with Crippen LogP contribution in [-0.2, 0) is 4.79 Å². The minimum absolute atomic E-state index is 0.164. The van der Waals surface area contributed by atoms with E-state index in [0.717, 1.165) is 12.8 Å². The molecule has 1 rings (SSSR count). The third-order valence-corrected chi connectivity index (χ3v) is 3.56. The molecule has 0 aromatic rings. The Labute approximate surface area is 84.1 Å². The van der Waals surface area contributed by atoms with Crippen molar-refractivity contribution < 1.29 is 15.0 Å². The van der Waals surface area contributed by atoms with Crippen LogP contribution in [0.25, 0.3) is 0 Å². The first-order valence-corrected chi connectivity index (χ1v) is 4.82. The average molecular weight is 196 g/mol. The first kappa shape index (κ1) is 11.1. The number of terminal acetylenes is 1. The maximum atomic E-state index is 11.1. The maximum Gasteiger partial charge on any atom is 0.313 e. The van der Waals surface area contributed by atoms with Crippen LogP contribution < -0.4 is 0 Å². The second kappa shape index (κ2) is 3.29. The highest BCUT2D eigenvalue weighted by Crippen LogP contribution is 2.47. The summed E-state index contributed by atoms with van der Waals surface area (Å²) in [5, 5.41) is 19.3. The average Bonchev–Trinajstić information content (AvgIpc) is 2.13. The van der Waals surface area contributed by atoms with Gasteiger partial charge in [0, 0.05) is 0 Å². The van der Waals surface area contributed by atoms with Crippen molar-refractivity contribution in [3.05, 3.63) is 0 Å². The summed E-state index contributed by atoms with van der Waals surface area (Å²) in [7, 11) is 0. The topological polar surface area (TPSA) is 57.5 Å². The predicted octanol–water partition coefficient (Wildman–Crippen LogP) is 1.26. The molecule has 0 heterocycles. The third kappa shape index (κ3) is 1.22. The van der Waals surface area contributed by atoms with Crippen molar-refractivity contribution in [3.63, 3.8) is 0 Å². The van der Waals surface area contributed by atoms with Gasteiger partial charge in [0.1, 0.15) is 11.0 Å².